The predicted octanol–water partition coefficient (Wildman–Crippen LogP) is 0.952. The van der Waals surface area contributed by atoms with Crippen LogP contribution < -0.4 is 5.73 Å². The maximum absolute atomic E-state index is 5.22. The highest BCUT2D eigenvalue weighted by Gasteiger charge is 1.80. The summed E-state index contributed by atoms with van der Waals surface area (Å²) in [6.07, 6.45) is 0.698. The number of rotatable bonds is 3. The van der Waals surface area contributed by atoms with E-state index in [4.69, 9.17) is 5.73 Å². The van der Waals surface area contributed by atoms with Crippen LogP contribution in [-0.4, -0.2) is 11.7 Å². The van der Waals surface area contributed by atoms with Crippen molar-refractivity contribution in [3.05, 3.63) is 12.3 Å². The molecule has 0 aromatic rings. The van der Waals surface area contributed by atoms with E-state index in [0.29, 0.717) is 18.7 Å². The summed E-state index contributed by atoms with van der Waals surface area (Å²) in [6, 6.07) is 0. The zero-order chi connectivity index (χ0) is 6.41. The van der Waals surface area contributed by atoms with E-state index in [1.165, 1.54) is 0 Å². The van der Waals surface area contributed by atoms with Crippen LogP contribution in [0.5, 0.6) is 0 Å². The van der Waals surface area contributed by atoms with Crippen LogP contribution in [0.2, 0.25) is 0 Å². The molecule has 44 valence electrons. The number of hydrogen-bond acceptors (Lipinski definition) is 3. The second kappa shape index (κ2) is 4.50. The number of hydrogen-bond donors (Lipinski definition) is 1. The van der Waals surface area contributed by atoms with Crippen molar-refractivity contribution in [2.75, 3.05) is 6.54 Å². The Morgan fingerprint density at radius 1 is 1.88 bits per heavy atom. The van der Waals surface area contributed by atoms with Crippen LogP contribution in [0.3, 0.4) is 0 Å². The van der Waals surface area contributed by atoms with Crippen molar-refractivity contribution in [3.8, 4) is 0 Å². The van der Waals surface area contributed by atoms with E-state index in [1.807, 2.05) is 0 Å². The Hall–Kier alpha value is -0.660. The van der Waals surface area contributed by atoms with E-state index in [-0.39, 0.29) is 0 Å². The van der Waals surface area contributed by atoms with Crippen LogP contribution in [0.4, 0.5) is 0 Å². The van der Waals surface area contributed by atoms with E-state index in [1.54, 1.807) is 0 Å². The van der Waals surface area contributed by atoms with Gasteiger partial charge in [0.05, 0.1) is 11.7 Å². The molecule has 0 amide bonds. The zero-order valence-electron chi connectivity index (χ0n) is 4.55. The van der Waals surface area contributed by atoms with Crippen LogP contribution >= 0.6 is 12.2 Å². The van der Waals surface area contributed by atoms with Gasteiger partial charge in [-0.1, -0.05) is 6.58 Å². The molecule has 3 heteroatoms. The SMILES string of the molecule is C=C(N)CCN=C=S. The first-order valence-electron chi connectivity index (χ1n) is 2.24. The molecule has 2 nitrogen and oxygen atoms in total. The maximum Gasteiger partial charge on any atom is 0.0585 e. The summed E-state index contributed by atoms with van der Waals surface area (Å²) >= 11 is 4.32. The molecule has 0 aromatic heterocycles. The van der Waals surface area contributed by atoms with Crippen LogP contribution in [0, 0.1) is 0 Å². The molecule has 0 saturated heterocycles. The minimum Gasteiger partial charge on any atom is -0.402 e. The normalized spacial score (nSPS) is 7.50. The van der Waals surface area contributed by atoms with E-state index >= 15 is 0 Å². The van der Waals surface area contributed by atoms with Crippen molar-refractivity contribution in [2.24, 2.45) is 10.7 Å². The topological polar surface area (TPSA) is 38.4 Å². The molecule has 0 rings (SSSR count). The molecular formula is C5H8N2S. The molecule has 0 radical (unpaired) electrons. The van der Waals surface area contributed by atoms with E-state index < -0.39 is 0 Å². The van der Waals surface area contributed by atoms with Gasteiger partial charge in [-0.05, 0) is 12.2 Å². The van der Waals surface area contributed by atoms with E-state index in [0.717, 1.165) is 0 Å². The molecule has 8 heavy (non-hydrogen) atoms. The number of isothiocyanates is 1. The van der Waals surface area contributed by atoms with Gasteiger partial charge in [-0.15, -0.1) is 0 Å². The van der Waals surface area contributed by atoms with Gasteiger partial charge in [-0.2, -0.15) is 0 Å². The third-order valence-electron chi connectivity index (χ3n) is 0.609. The number of aliphatic imine (C=N–C) groups is 1. The second-order valence-electron chi connectivity index (χ2n) is 1.38. The number of nitrogens with two attached hydrogens (primary N) is 1. The van der Waals surface area contributed by atoms with Gasteiger partial charge in [0.2, 0.25) is 0 Å². The van der Waals surface area contributed by atoms with Crippen molar-refractivity contribution < 1.29 is 0 Å². The first-order chi connectivity index (χ1) is 3.77. The van der Waals surface area contributed by atoms with Crippen LogP contribution in [-0.2, 0) is 0 Å². The van der Waals surface area contributed by atoms with E-state index in [2.05, 4.69) is 29.0 Å². The molecule has 0 aliphatic carbocycles. The molecule has 0 aromatic carbocycles. The van der Waals surface area contributed by atoms with Crippen molar-refractivity contribution in [1.82, 2.24) is 0 Å². The highest BCUT2D eigenvalue weighted by Crippen LogP contribution is 1.85. The Kier molecular flexibility index (Phi) is 4.13. The highest BCUT2D eigenvalue weighted by molar-refractivity contribution is 7.78. The Labute approximate surface area is 54.1 Å². The molecular weight excluding hydrogens is 120 g/mol. The Bertz CT molecular complexity index is 122. The summed E-state index contributed by atoms with van der Waals surface area (Å²) in [7, 11) is 0. The van der Waals surface area contributed by atoms with Crippen molar-refractivity contribution >= 4 is 17.4 Å². The number of nitrogens with zero attached hydrogens (tertiary/aromatic N) is 1. The monoisotopic (exact) mass is 128 g/mol. The van der Waals surface area contributed by atoms with Gasteiger partial charge in [0.1, 0.15) is 0 Å². The fraction of sp³-hybridized carbons (Fsp3) is 0.400. The predicted molar refractivity (Wildman–Crippen MR) is 37.8 cm³/mol. The van der Waals surface area contributed by atoms with Crippen molar-refractivity contribution in [1.29, 1.82) is 0 Å². The van der Waals surface area contributed by atoms with Gasteiger partial charge in [-0.25, -0.2) is 4.99 Å². The molecule has 0 heterocycles. The fourth-order valence-electron chi connectivity index (χ4n) is 0.245. The summed E-state index contributed by atoms with van der Waals surface area (Å²) in [5, 5.41) is 2.23. The molecule has 2 N–H and O–H groups in total. The van der Waals surface area contributed by atoms with Gasteiger partial charge in [-0.3, -0.25) is 0 Å². The largest absolute Gasteiger partial charge is 0.402 e. The molecule has 0 spiro atoms. The van der Waals surface area contributed by atoms with Crippen molar-refractivity contribution in [2.45, 2.75) is 6.42 Å². The molecule has 0 saturated carbocycles. The first kappa shape index (κ1) is 7.34. The summed E-state index contributed by atoms with van der Waals surface area (Å²) in [6.45, 7) is 4.09. The molecule has 0 aliphatic rings. The number of thiocarbonyl (C=S) groups is 1. The Balaban J connectivity index is 3.18. The minimum atomic E-state index is 0.610. The van der Waals surface area contributed by atoms with Crippen LogP contribution in [0.1, 0.15) is 6.42 Å². The van der Waals surface area contributed by atoms with Crippen LogP contribution in [0.25, 0.3) is 0 Å². The average molecular weight is 128 g/mol. The summed E-state index contributed by atoms with van der Waals surface area (Å²) in [5.74, 6) is 0. The van der Waals surface area contributed by atoms with Gasteiger partial charge < -0.3 is 5.73 Å². The fourth-order valence-corrected chi connectivity index (χ4v) is 0.336. The lowest BCUT2D eigenvalue weighted by Gasteiger charge is -1.89. The summed E-state index contributed by atoms with van der Waals surface area (Å²) in [4.78, 5) is 3.64. The third-order valence-corrected chi connectivity index (χ3v) is 0.738. The average Bonchev–Trinajstić information content (AvgIpc) is 1.66. The van der Waals surface area contributed by atoms with Gasteiger partial charge >= 0.3 is 0 Å². The zero-order valence-corrected chi connectivity index (χ0v) is 5.37. The maximum atomic E-state index is 5.22. The molecule has 0 bridgehead atoms. The van der Waals surface area contributed by atoms with Crippen molar-refractivity contribution in [3.63, 3.8) is 0 Å². The van der Waals surface area contributed by atoms with E-state index in [9.17, 15) is 0 Å². The quantitative estimate of drug-likeness (QED) is 0.454. The van der Waals surface area contributed by atoms with Gasteiger partial charge in [0.25, 0.3) is 0 Å². The second-order valence-corrected chi connectivity index (χ2v) is 1.56. The molecule has 0 fully saturated rings. The molecule has 0 aliphatic heterocycles. The molecule has 0 unspecified atom stereocenters. The van der Waals surface area contributed by atoms with Gasteiger partial charge in [0, 0.05) is 12.1 Å². The Morgan fingerprint density at radius 3 is 2.88 bits per heavy atom. The standard InChI is InChI=1S/C5H8N2S/c1-5(6)2-3-7-4-8/h1-3,6H2. The lowest BCUT2D eigenvalue weighted by atomic mass is 10.4. The molecule has 0 atom stereocenters. The Morgan fingerprint density at radius 2 is 2.50 bits per heavy atom. The first-order valence-corrected chi connectivity index (χ1v) is 2.65. The summed E-state index contributed by atoms with van der Waals surface area (Å²) in [5.41, 5.74) is 5.85. The minimum absolute atomic E-state index is 0.610. The lowest BCUT2D eigenvalue weighted by Crippen LogP contribution is -1.95. The third kappa shape index (κ3) is 5.34. The summed E-state index contributed by atoms with van der Waals surface area (Å²) < 4.78 is 0. The van der Waals surface area contributed by atoms with Crippen LogP contribution in [0.15, 0.2) is 17.3 Å². The highest BCUT2D eigenvalue weighted by atomic mass is 32.1. The van der Waals surface area contributed by atoms with Gasteiger partial charge in [0.15, 0.2) is 0 Å². The lowest BCUT2D eigenvalue weighted by molar-refractivity contribution is 0.948. The smallest absolute Gasteiger partial charge is 0.0585 e.